The lowest BCUT2D eigenvalue weighted by molar-refractivity contribution is -0.134. The summed E-state index contributed by atoms with van der Waals surface area (Å²) in [4.78, 5) is 20.9. The monoisotopic (exact) mass is 265 g/mol. The molecule has 1 aromatic rings. The summed E-state index contributed by atoms with van der Waals surface area (Å²) in [7, 11) is 0. The second kappa shape index (κ2) is 4.97. The van der Waals surface area contributed by atoms with Gasteiger partial charge in [0, 0.05) is 44.0 Å². The van der Waals surface area contributed by atoms with Gasteiger partial charge < -0.3 is 4.90 Å². The molecule has 0 N–H and O–H groups in total. The topological polar surface area (TPSA) is 36.4 Å². The van der Waals surface area contributed by atoms with Crippen LogP contribution in [0.25, 0.3) is 0 Å². The first-order valence-corrected chi connectivity index (χ1v) is 7.52. The van der Waals surface area contributed by atoms with Gasteiger partial charge in [-0.3, -0.25) is 9.69 Å². The Morgan fingerprint density at radius 2 is 2.11 bits per heavy atom. The molecule has 2 fully saturated rings. The summed E-state index contributed by atoms with van der Waals surface area (Å²) in [5, 5.41) is 3.27. The highest BCUT2D eigenvalue weighted by Crippen LogP contribution is 2.31. The Morgan fingerprint density at radius 1 is 1.39 bits per heavy atom. The van der Waals surface area contributed by atoms with E-state index in [1.807, 2.05) is 11.8 Å². The number of hydrogen-bond donors (Lipinski definition) is 0. The molecule has 1 amide bonds. The SMILES string of the molecule is Cc1nc(CN2CCN(C(=O)C3CC3)CC2)cs1. The molecule has 1 saturated heterocycles. The standard InChI is InChI=1S/C13H19N3OS/c1-10-14-12(9-18-10)8-15-4-6-16(7-5-15)13(17)11-2-3-11/h9,11H,2-8H2,1H3. The van der Waals surface area contributed by atoms with E-state index < -0.39 is 0 Å². The third kappa shape index (κ3) is 2.72. The van der Waals surface area contributed by atoms with Crippen LogP contribution in [0, 0.1) is 12.8 Å². The third-order valence-corrected chi connectivity index (χ3v) is 4.49. The van der Waals surface area contributed by atoms with E-state index in [1.54, 1.807) is 11.3 Å². The van der Waals surface area contributed by atoms with Crippen molar-refractivity contribution in [1.82, 2.24) is 14.8 Å². The van der Waals surface area contributed by atoms with Gasteiger partial charge in [0.25, 0.3) is 0 Å². The summed E-state index contributed by atoms with van der Waals surface area (Å²) in [6.07, 6.45) is 2.22. The van der Waals surface area contributed by atoms with Crippen LogP contribution in [0.1, 0.15) is 23.5 Å². The van der Waals surface area contributed by atoms with Crippen LogP contribution < -0.4 is 0 Å². The van der Waals surface area contributed by atoms with E-state index >= 15 is 0 Å². The summed E-state index contributed by atoms with van der Waals surface area (Å²) >= 11 is 1.71. The van der Waals surface area contributed by atoms with Gasteiger partial charge in [-0.1, -0.05) is 0 Å². The van der Waals surface area contributed by atoms with Crippen molar-refractivity contribution in [2.75, 3.05) is 26.2 Å². The van der Waals surface area contributed by atoms with Gasteiger partial charge in [0.2, 0.25) is 5.91 Å². The molecular formula is C13H19N3OS. The highest BCUT2D eigenvalue weighted by molar-refractivity contribution is 7.09. The summed E-state index contributed by atoms with van der Waals surface area (Å²) < 4.78 is 0. The molecule has 2 heterocycles. The van der Waals surface area contributed by atoms with E-state index in [1.165, 1.54) is 5.69 Å². The van der Waals surface area contributed by atoms with Crippen LogP contribution in [0.2, 0.25) is 0 Å². The average molecular weight is 265 g/mol. The maximum atomic E-state index is 11.9. The van der Waals surface area contributed by atoms with Crippen LogP contribution in [0.4, 0.5) is 0 Å². The number of carbonyl (C=O) groups is 1. The third-order valence-electron chi connectivity index (χ3n) is 3.66. The van der Waals surface area contributed by atoms with Gasteiger partial charge >= 0.3 is 0 Å². The van der Waals surface area contributed by atoms with Crippen LogP contribution >= 0.6 is 11.3 Å². The number of thiazole rings is 1. The van der Waals surface area contributed by atoms with Crippen molar-refractivity contribution < 1.29 is 4.79 Å². The Morgan fingerprint density at radius 3 is 2.67 bits per heavy atom. The Balaban J connectivity index is 1.49. The molecule has 98 valence electrons. The van der Waals surface area contributed by atoms with Crippen molar-refractivity contribution in [1.29, 1.82) is 0 Å². The smallest absolute Gasteiger partial charge is 0.225 e. The molecule has 4 nitrogen and oxygen atoms in total. The van der Waals surface area contributed by atoms with Crippen molar-refractivity contribution in [3.05, 3.63) is 16.1 Å². The van der Waals surface area contributed by atoms with Crippen molar-refractivity contribution in [2.24, 2.45) is 5.92 Å². The van der Waals surface area contributed by atoms with Crippen LogP contribution in [-0.4, -0.2) is 46.9 Å². The molecule has 1 saturated carbocycles. The Labute approximate surface area is 112 Å². The van der Waals surface area contributed by atoms with Crippen molar-refractivity contribution in [3.63, 3.8) is 0 Å². The predicted octanol–water partition coefficient (Wildman–Crippen LogP) is 1.51. The van der Waals surface area contributed by atoms with Gasteiger partial charge in [-0.2, -0.15) is 0 Å². The summed E-state index contributed by atoms with van der Waals surface area (Å²) in [6.45, 7) is 6.71. The van der Waals surface area contributed by atoms with Gasteiger partial charge in [-0.15, -0.1) is 11.3 Å². The number of piperazine rings is 1. The summed E-state index contributed by atoms with van der Waals surface area (Å²) in [5.41, 5.74) is 1.17. The Bertz CT molecular complexity index is 433. The predicted molar refractivity (Wildman–Crippen MR) is 71.4 cm³/mol. The summed E-state index contributed by atoms with van der Waals surface area (Å²) in [5.74, 6) is 0.747. The van der Waals surface area contributed by atoms with E-state index in [-0.39, 0.29) is 0 Å². The summed E-state index contributed by atoms with van der Waals surface area (Å²) in [6, 6.07) is 0. The van der Waals surface area contributed by atoms with Gasteiger partial charge in [0.15, 0.2) is 0 Å². The minimum Gasteiger partial charge on any atom is -0.340 e. The van der Waals surface area contributed by atoms with E-state index in [4.69, 9.17) is 0 Å². The van der Waals surface area contributed by atoms with Crippen LogP contribution in [0.15, 0.2) is 5.38 Å². The molecule has 0 bridgehead atoms. The van der Waals surface area contributed by atoms with E-state index in [0.29, 0.717) is 11.8 Å². The fourth-order valence-electron chi connectivity index (χ4n) is 2.42. The molecule has 2 aliphatic rings. The molecule has 0 atom stereocenters. The molecule has 1 aromatic heterocycles. The average Bonchev–Trinajstić information content (AvgIpc) is 3.14. The zero-order valence-electron chi connectivity index (χ0n) is 10.8. The molecule has 18 heavy (non-hydrogen) atoms. The quantitative estimate of drug-likeness (QED) is 0.831. The maximum absolute atomic E-state index is 11.9. The second-order valence-corrected chi connectivity index (χ2v) is 6.30. The van der Waals surface area contributed by atoms with Crippen LogP contribution in [0.3, 0.4) is 0 Å². The van der Waals surface area contributed by atoms with E-state index in [0.717, 1.165) is 50.6 Å². The second-order valence-electron chi connectivity index (χ2n) is 5.23. The highest BCUT2D eigenvalue weighted by atomic mass is 32.1. The minimum absolute atomic E-state index is 0.359. The number of nitrogens with zero attached hydrogens (tertiary/aromatic N) is 3. The molecule has 5 heteroatoms. The fourth-order valence-corrected chi connectivity index (χ4v) is 3.03. The molecule has 1 aliphatic carbocycles. The molecule has 0 radical (unpaired) electrons. The van der Waals surface area contributed by atoms with Gasteiger partial charge in [0.05, 0.1) is 10.7 Å². The van der Waals surface area contributed by atoms with E-state index in [9.17, 15) is 4.79 Å². The zero-order valence-corrected chi connectivity index (χ0v) is 11.6. The molecule has 0 spiro atoms. The number of amides is 1. The molecular weight excluding hydrogens is 246 g/mol. The minimum atomic E-state index is 0.359. The molecule has 0 aromatic carbocycles. The fraction of sp³-hybridized carbons (Fsp3) is 0.692. The molecule has 0 unspecified atom stereocenters. The lowest BCUT2D eigenvalue weighted by Crippen LogP contribution is -2.48. The lowest BCUT2D eigenvalue weighted by atomic mass is 10.2. The molecule has 1 aliphatic heterocycles. The van der Waals surface area contributed by atoms with E-state index in [2.05, 4.69) is 15.3 Å². The number of aromatic nitrogens is 1. The van der Waals surface area contributed by atoms with Crippen molar-refractivity contribution in [3.8, 4) is 0 Å². The maximum Gasteiger partial charge on any atom is 0.225 e. The largest absolute Gasteiger partial charge is 0.340 e. The first-order chi connectivity index (χ1) is 8.72. The first kappa shape index (κ1) is 12.1. The first-order valence-electron chi connectivity index (χ1n) is 6.64. The number of hydrogen-bond acceptors (Lipinski definition) is 4. The van der Waals surface area contributed by atoms with Crippen LogP contribution in [0.5, 0.6) is 0 Å². The van der Waals surface area contributed by atoms with Crippen molar-refractivity contribution >= 4 is 17.2 Å². The van der Waals surface area contributed by atoms with Gasteiger partial charge in [-0.25, -0.2) is 4.98 Å². The number of rotatable bonds is 3. The van der Waals surface area contributed by atoms with Crippen LogP contribution in [-0.2, 0) is 11.3 Å². The zero-order chi connectivity index (χ0) is 12.5. The normalized spacial score (nSPS) is 21.3. The Kier molecular flexibility index (Phi) is 3.35. The van der Waals surface area contributed by atoms with Gasteiger partial charge in [-0.05, 0) is 19.8 Å². The highest BCUT2D eigenvalue weighted by Gasteiger charge is 2.34. The lowest BCUT2D eigenvalue weighted by Gasteiger charge is -2.34. The molecule has 3 rings (SSSR count). The Hall–Kier alpha value is -0.940. The number of carbonyl (C=O) groups excluding carboxylic acids is 1. The van der Waals surface area contributed by atoms with Crippen molar-refractivity contribution in [2.45, 2.75) is 26.3 Å². The van der Waals surface area contributed by atoms with Gasteiger partial charge in [0.1, 0.15) is 0 Å². The number of aryl methyl sites for hydroxylation is 1.